The van der Waals surface area contributed by atoms with Crippen LogP contribution in [0.5, 0.6) is 0 Å². The molecule has 0 spiro atoms. The van der Waals surface area contributed by atoms with E-state index in [0.717, 1.165) is 0 Å². The summed E-state index contributed by atoms with van der Waals surface area (Å²) in [4.78, 5) is 0. The molecule has 0 radical (unpaired) electrons. The summed E-state index contributed by atoms with van der Waals surface area (Å²) in [7, 11) is 0. The van der Waals surface area contributed by atoms with Gasteiger partial charge < -0.3 is 10.2 Å². The summed E-state index contributed by atoms with van der Waals surface area (Å²) in [5.74, 6) is 0.280. The quantitative estimate of drug-likeness (QED) is 0.694. The minimum Gasteiger partial charge on any atom is -0.396 e. The molecule has 2 nitrogen and oxygen atoms in total. The summed E-state index contributed by atoms with van der Waals surface area (Å²) in [6, 6.07) is 0. The molecule has 0 aromatic heterocycles. The average molecular weight is 188 g/mol. The summed E-state index contributed by atoms with van der Waals surface area (Å²) in [6.45, 7) is 10.0. The lowest BCUT2D eigenvalue weighted by atomic mass is 9.64. The second kappa shape index (κ2) is 4.43. The van der Waals surface area contributed by atoms with Crippen LogP contribution in [0.25, 0.3) is 0 Å². The SMILES string of the molecule is CCC(O)(CC)C(C)(CO)C(C)C. The molecule has 0 amide bonds. The Bertz CT molecular complexity index is 150. The summed E-state index contributed by atoms with van der Waals surface area (Å²) in [6.07, 6.45) is 1.39. The maximum absolute atomic E-state index is 10.4. The van der Waals surface area contributed by atoms with Crippen molar-refractivity contribution >= 4 is 0 Å². The van der Waals surface area contributed by atoms with Crippen molar-refractivity contribution in [2.75, 3.05) is 6.61 Å². The van der Waals surface area contributed by atoms with Gasteiger partial charge in [-0.25, -0.2) is 0 Å². The monoisotopic (exact) mass is 188 g/mol. The summed E-state index contributed by atoms with van der Waals surface area (Å²) in [5.41, 5.74) is -1.13. The molecule has 0 aliphatic rings. The largest absolute Gasteiger partial charge is 0.396 e. The summed E-state index contributed by atoms with van der Waals surface area (Å²) < 4.78 is 0. The lowest BCUT2D eigenvalue weighted by Crippen LogP contribution is -2.51. The van der Waals surface area contributed by atoms with Crippen LogP contribution in [0.2, 0.25) is 0 Å². The normalized spacial score (nSPS) is 17.5. The maximum Gasteiger partial charge on any atom is 0.0720 e. The summed E-state index contributed by atoms with van der Waals surface area (Å²) in [5, 5.41) is 19.8. The van der Waals surface area contributed by atoms with Crippen LogP contribution in [0.15, 0.2) is 0 Å². The number of rotatable bonds is 5. The van der Waals surface area contributed by atoms with Gasteiger partial charge in [0.1, 0.15) is 0 Å². The smallest absolute Gasteiger partial charge is 0.0720 e. The van der Waals surface area contributed by atoms with Crippen LogP contribution in [0.1, 0.15) is 47.5 Å². The fraction of sp³-hybridized carbons (Fsp3) is 1.00. The zero-order valence-electron chi connectivity index (χ0n) is 9.59. The van der Waals surface area contributed by atoms with Crippen molar-refractivity contribution in [3.63, 3.8) is 0 Å². The molecule has 0 rings (SSSR count). The highest BCUT2D eigenvalue weighted by atomic mass is 16.3. The molecule has 2 heteroatoms. The second-order valence-electron chi connectivity index (χ2n) is 4.47. The molecule has 0 saturated heterocycles. The number of hydrogen-bond acceptors (Lipinski definition) is 2. The number of aliphatic hydroxyl groups is 2. The summed E-state index contributed by atoms with van der Waals surface area (Å²) >= 11 is 0. The lowest BCUT2D eigenvalue weighted by molar-refractivity contribution is -0.128. The Morgan fingerprint density at radius 2 is 1.54 bits per heavy atom. The van der Waals surface area contributed by atoms with Gasteiger partial charge in [-0.1, -0.05) is 34.6 Å². The fourth-order valence-electron chi connectivity index (χ4n) is 1.92. The van der Waals surface area contributed by atoms with Gasteiger partial charge in [-0.15, -0.1) is 0 Å². The van der Waals surface area contributed by atoms with Crippen LogP contribution in [-0.4, -0.2) is 22.4 Å². The third kappa shape index (κ3) is 2.05. The van der Waals surface area contributed by atoms with Gasteiger partial charge >= 0.3 is 0 Å². The molecule has 0 aromatic carbocycles. The van der Waals surface area contributed by atoms with Gasteiger partial charge in [0, 0.05) is 5.41 Å². The molecule has 0 heterocycles. The minimum atomic E-state index is -0.740. The van der Waals surface area contributed by atoms with Crippen LogP contribution < -0.4 is 0 Å². The van der Waals surface area contributed by atoms with E-state index in [2.05, 4.69) is 0 Å². The van der Waals surface area contributed by atoms with Gasteiger partial charge in [0.15, 0.2) is 0 Å². The van der Waals surface area contributed by atoms with Crippen LogP contribution in [-0.2, 0) is 0 Å². The van der Waals surface area contributed by atoms with Crippen LogP contribution in [0.4, 0.5) is 0 Å². The van der Waals surface area contributed by atoms with Gasteiger partial charge in [-0.3, -0.25) is 0 Å². The van der Waals surface area contributed by atoms with Gasteiger partial charge in [0.05, 0.1) is 12.2 Å². The van der Waals surface area contributed by atoms with Crippen LogP contribution >= 0.6 is 0 Å². The van der Waals surface area contributed by atoms with E-state index in [-0.39, 0.29) is 12.5 Å². The molecular weight excluding hydrogens is 164 g/mol. The first-order valence-electron chi connectivity index (χ1n) is 5.21. The molecule has 0 bridgehead atoms. The van der Waals surface area contributed by atoms with E-state index in [1.165, 1.54) is 0 Å². The predicted molar refractivity (Wildman–Crippen MR) is 55.6 cm³/mol. The maximum atomic E-state index is 10.4. The third-order valence-corrected chi connectivity index (χ3v) is 3.84. The first kappa shape index (κ1) is 12.9. The molecule has 1 atom stereocenters. The lowest BCUT2D eigenvalue weighted by Gasteiger charge is -2.46. The third-order valence-electron chi connectivity index (χ3n) is 3.84. The highest BCUT2D eigenvalue weighted by molar-refractivity contribution is 4.95. The van der Waals surface area contributed by atoms with E-state index in [9.17, 15) is 10.2 Å². The Kier molecular flexibility index (Phi) is 4.40. The van der Waals surface area contributed by atoms with Gasteiger partial charge in [0.2, 0.25) is 0 Å². The van der Waals surface area contributed by atoms with Gasteiger partial charge in [0.25, 0.3) is 0 Å². The van der Waals surface area contributed by atoms with E-state index in [0.29, 0.717) is 12.8 Å². The van der Waals surface area contributed by atoms with Crippen molar-refractivity contribution in [1.82, 2.24) is 0 Å². The molecular formula is C11H24O2. The molecule has 13 heavy (non-hydrogen) atoms. The zero-order valence-corrected chi connectivity index (χ0v) is 9.59. The highest BCUT2D eigenvalue weighted by Gasteiger charge is 2.45. The van der Waals surface area contributed by atoms with Gasteiger partial charge in [-0.05, 0) is 18.8 Å². The van der Waals surface area contributed by atoms with E-state index >= 15 is 0 Å². The number of aliphatic hydroxyl groups excluding tert-OH is 1. The number of hydrogen-bond donors (Lipinski definition) is 2. The topological polar surface area (TPSA) is 40.5 Å². The molecule has 0 saturated carbocycles. The van der Waals surface area contributed by atoms with Crippen LogP contribution in [0.3, 0.4) is 0 Å². The average Bonchev–Trinajstić information content (AvgIpc) is 2.14. The van der Waals surface area contributed by atoms with E-state index in [4.69, 9.17) is 0 Å². The van der Waals surface area contributed by atoms with E-state index in [1.54, 1.807) is 0 Å². The highest BCUT2D eigenvalue weighted by Crippen LogP contribution is 2.42. The standard InChI is InChI=1S/C11H24O2/c1-6-11(13,7-2)10(5,8-12)9(3)4/h9,12-13H,6-8H2,1-5H3. The molecule has 0 fully saturated rings. The Hall–Kier alpha value is -0.0800. The first-order chi connectivity index (χ1) is 5.88. The zero-order chi connectivity index (χ0) is 10.7. The van der Waals surface area contributed by atoms with E-state index < -0.39 is 11.0 Å². The first-order valence-corrected chi connectivity index (χ1v) is 5.21. The molecule has 0 aliphatic heterocycles. The minimum absolute atomic E-state index is 0.0445. The van der Waals surface area contributed by atoms with Crippen molar-refractivity contribution in [2.45, 2.75) is 53.1 Å². The van der Waals surface area contributed by atoms with Crippen molar-refractivity contribution < 1.29 is 10.2 Å². The molecule has 2 N–H and O–H groups in total. The second-order valence-corrected chi connectivity index (χ2v) is 4.47. The molecule has 80 valence electrons. The van der Waals surface area contributed by atoms with Crippen molar-refractivity contribution in [2.24, 2.45) is 11.3 Å². The molecule has 0 aliphatic carbocycles. The Labute approximate surface area is 82.0 Å². The fourth-order valence-corrected chi connectivity index (χ4v) is 1.92. The van der Waals surface area contributed by atoms with Crippen LogP contribution in [0, 0.1) is 11.3 Å². The van der Waals surface area contributed by atoms with Crippen molar-refractivity contribution in [1.29, 1.82) is 0 Å². The molecule has 0 aromatic rings. The van der Waals surface area contributed by atoms with E-state index in [1.807, 2.05) is 34.6 Å². The van der Waals surface area contributed by atoms with Crippen molar-refractivity contribution in [3.05, 3.63) is 0 Å². The molecule has 1 unspecified atom stereocenters. The Balaban J connectivity index is 4.91. The van der Waals surface area contributed by atoms with Crippen molar-refractivity contribution in [3.8, 4) is 0 Å². The Morgan fingerprint density at radius 3 is 1.62 bits per heavy atom. The predicted octanol–water partition coefficient (Wildman–Crippen LogP) is 2.19. The van der Waals surface area contributed by atoms with Gasteiger partial charge in [-0.2, -0.15) is 0 Å². The Morgan fingerprint density at radius 1 is 1.15 bits per heavy atom.